The summed E-state index contributed by atoms with van der Waals surface area (Å²) in [5, 5.41) is 0. The second-order valence-electron chi connectivity index (χ2n) is 4.86. The molecule has 2 heteroatoms. The highest BCUT2D eigenvalue weighted by atomic mass is 16.5. The molecule has 1 aliphatic rings. The molecule has 0 aromatic heterocycles. The van der Waals surface area contributed by atoms with Crippen molar-refractivity contribution >= 4 is 5.78 Å². The van der Waals surface area contributed by atoms with E-state index in [1.165, 1.54) is 0 Å². The Balaban J connectivity index is 2.11. The van der Waals surface area contributed by atoms with Gasteiger partial charge in [-0.3, -0.25) is 4.79 Å². The fraction of sp³-hybridized carbons (Fsp3) is 0.235. The number of hydrogen-bond donors (Lipinski definition) is 0. The lowest BCUT2D eigenvalue weighted by Crippen LogP contribution is -2.45. The van der Waals surface area contributed by atoms with E-state index in [-0.39, 0.29) is 5.78 Å². The Morgan fingerprint density at radius 2 is 1.74 bits per heavy atom. The molecule has 0 aliphatic carbocycles. The van der Waals surface area contributed by atoms with E-state index >= 15 is 0 Å². The van der Waals surface area contributed by atoms with Crippen LogP contribution in [0.4, 0.5) is 0 Å². The molecule has 0 fully saturated rings. The van der Waals surface area contributed by atoms with Gasteiger partial charge in [-0.25, -0.2) is 0 Å². The molecule has 1 aliphatic heterocycles. The van der Waals surface area contributed by atoms with Crippen LogP contribution in [-0.2, 0) is 16.8 Å². The van der Waals surface area contributed by atoms with Gasteiger partial charge in [-0.05, 0) is 12.5 Å². The van der Waals surface area contributed by atoms with E-state index in [0.717, 1.165) is 16.9 Å². The van der Waals surface area contributed by atoms with E-state index in [2.05, 4.69) is 0 Å². The second-order valence-corrected chi connectivity index (χ2v) is 4.86. The van der Waals surface area contributed by atoms with Crippen LogP contribution in [-0.4, -0.2) is 5.78 Å². The lowest BCUT2D eigenvalue weighted by Gasteiger charge is -2.37. The summed E-state index contributed by atoms with van der Waals surface area (Å²) >= 11 is 0. The summed E-state index contributed by atoms with van der Waals surface area (Å²) in [5.41, 5.74) is 1.10. The molecule has 3 rings (SSSR count). The van der Waals surface area contributed by atoms with Crippen LogP contribution in [0.3, 0.4) is 0 Å². The molecule has 2 nitrogen and oxygen atoms in total. The topological polar surface area (TPSA) is 26.3 Å². The number of para-hydroxylation sites is 1. The Morgan fingerprint density at radius 3 is 2.47 bits per heavy atom. The first-order valence-electron chi connectivity index (χ1n) is 6.62. The van der Waals surface area contributed by atoms with E-state index in [4.69, 9.17) is 4.74 Å². The molecule has 0 saturated carbocycles. The van der Waals surface area contributed by atoms with Crippen molar-refractivity contribution in [2.75, 3.05) is 0 Å². The predicted octanol–water partition coefficient (Wildman–Crippen LogP) is 3.50. The van der Waals surface area contributed by atoms with Crippen molar-refractivity contribution in [3.8, 4) is 5.75 Å². The number of fused-ring (bicyclic) bond motifs is 1. The highest BCUT2D eigenvalue weighted by Crippen LogP contribution is 2.39. The Bertz CT molecular complexity index is 604. The summed E-state index contributed by atoms with van der Waals surface area (Å²) in [5.74, 6) is 0.965. The molecular weight excluding hydrogens is 236 g/mol. The second kappa shape index (κ2) is 4.54. The lowest BCUT2D eigenvalue weighted by molar-refractivity contribution is -0.137. The molecule has 1 atom stereocenters. The Morgan fingerprint density at radius 1 is 1.05 bits per heavy atom. The molecular formula is C17H16O2. The predicted molar refractivity (Wildman–Crippen MR) is 74.2 cm³/mol. The van der Waals surface area contributed by atoms with Crippen molar-refractivity contribution in [1.29, 1.82) is 0 Å². The van der Waals surface area contributed by atoms with Gasteiger partial charge in [-0.1, -0.05) is 55.5 Å². The number of rotatable bonds is 2. The monoisotopic (exact) mass is 252 g/mol. The van der Waals surface area contributed by atoms with Crippen LogP contribution in [0, 0.1) is 0 Å². The van der Waals surface area contributed by atoms with Gasteiger partial charge in [0.15, 0.2) is 11.4 Å². The number of carbonyl (C=O) groups excluding carboxylic acids is 1. The highest BCUT2D eigenvalue weighted by Gasteiger charge is 2.43. The number of Topliss-reactive ketones (excluding diaryl/α,β-unsaturated/α-hetero) is 1. The van der Waals surface area contributed by atoms with Gasteiger partial charge in [0.1, 0.15) is 5.75 Å². The minimum atomic E-state index is -0.824. The maximum atomic E-state index is 12.6. The maximum absolute atomic E-state index is 12.6. The summed E-state index contributed by atoms with van der Waals surface area (Å²) in [6.07, 6.45) is 1.09. The van der Waals surface area contributed by atoms with Crippen LogP contribution in [0.25, 0.3) is 0 Å². The smallest absolute Gasteiger partial charge is 0.192 e. The van der Waals surface area contributed by atoms with E-state index in [1.54, 1.807) is 0 Å². The fourth-order valence-corrected chi connectivity index (χ4v) is 2.71. The molecule has 1 unspecified atom stereocenters. The minimum absolute atomic E-state index is 0.139. The number of ether oxygens (including phenoxy) is 1. The molecule has 0 saturated heterocycles. The van der Waals surface area contributed by atoms with Gasteiger partial charge in [0, 0.05) is 17.5 Å². The van der Waals surface area contributed by atoms with Crippen LogP contribution in [0.1, 0.15) is 24.5 Å². The van der Waals surface area contributed by atoms with Crippen molar-refractivity contribution in [3.05, 3.63) is 65.7 Å². The van der Waals surface area contributed by atoms with Gasteiger partial charge in [0.25, 0.3) is 0 Å². The van der Waals surface area contributed by atoms with Crippen molar-refractivity contribution < 1.29 is 9.53 Å². The van der Waals surface area contributed by atoms with Crippen LogP contribution < -0.4 is 4.74 Å². The number of benzene rings is 2. The van der Waals surface area contributed by atoms with Gasteiger partial charge in [0.2, 0.25) is 0 Å². The molecule has 0 N–H and O–H groups in total. The van der Waals surface area contributed by atoms with Gasteiger partial charge < -0.3 is 4.74 Å². The van der Waals surface area contributed by atoms with Crippen molar-refractivity contribution in [3.63, 3.8) is 0 Å². The molecule has 2 aromatic rings. The Hall–Kier alpha value is -2.09. The third-order valence-corrected chi connectivity index (χ3v) is 3.80. The molecule has 1 heterocycles. The van der Waals surface area contributed by atoms with Gasteiger partial charge >= 0.3 is 0 Å². The van der Waals surface area contributed by atoms with Gasteiger partial charge in [-0.2, -0.15) is 0 Å². The zero-order valence-corrected chi connectivity index (χ0v) is 10.9. The third-order valence-electron chi connectivity index (χ3n) is 3.80. The molecule has 0 radical (unpaired) electrons. The maximum Gasteiger partial charge on any atom is 0.192 e. The highest BCUT2D eigenvalue weighted by molar-refractivity contribution is 5.92. The quantitative estimate of drug-likeness (QED) is 0.817. The SMILES string of the molecule is CCC1(c2ccccc2)Oc2ccccc2CC1=O. The first kappa shape index (κ1) is 12.0. The number of carbonyl (C=O) groups is 1. The Labute approximate surface area is 113 Å². The van der Waals surface area contributed by atoms with Crippen molar-refractivity contribution in [2.45, 2.75) is 25.4 Å². The van der Waals surface area contributed by atoms with Crippen LogP contribution in [0.15, 0.2) is 54.6 Å². The van der Waals surface area contributed by atoms with E-state index in [9.17, 15) is 4.79 Å². The van der Waals surface area contributed by atoms with E-state index < -0.39 is 5.60 Å². The van der Waals surface area contributed by atoms with Crippen LogP contribution >= 0.6 is 0 Å². The lowest BCUT2D eigenvalue weighted by atomic mass is 9.82. The summed E-state index contributed by atoms with van der Waals surface area (Å²) in [6, 6.07) is 17.6. The number of ketones is 1. The normalized spacial score (nSPS) is 21.6. The van der Waals surface area contributed by atoms with Crippen LogP contribution in [0.5, 0.6) is 5.75 Å². The number of hydrogen-bond acceptors (Lipinski definition) is 2. The zero-order chi connectivity index (χ0) is 13.3. The summed E-state index contributed by atoms with van der Waals surface area (Å²) < 4.78 is 6.12. The average molecular weight is 252 g/mol. The van der Waals surface area contributed by atoms with E-state index in [0.29, 0.717) is 12.8 Å². The van der Waals surface area contributed by atoms with E-state index in [1.807, 2.05) is 61.5 Å². The first-order valence-corrected chi connectivity index (χ1v) is 6.62. The molecule has 2 aromatic carbocycles. The third kappa shape index (κ3) is 1.84. The first-order chi connectivity index (χ1) is 9.26. The molecule has 0 spiro atoms. The minimum Gasteiger partial charge on any atom is -0.474 e. The molecule has 96 valence electrons. The summed E-state index contributed by atoms with van der Waals surface area (Å²) in [4.78, 5) is 12.6. The van der Waals surface area contributed by atoms with Crippen molar-refractivity contribution in [1.82, 2.24) is 0 Å². The van der Waals surface area contributed by atoms with Crippen LogP contribution in [0.2, 0.25) is 0 Å². The summed E-state index contributed by atoms with van der Waals surface area (Å²) in [7, 11) is 0. The van der Waals surface area contributed by atoms with Gasteiger partial charge in [-0.15, -0.1) is 0 Å². The summed E-state index contributed by atoms with van der Waals surface area (Å²) in [6.45, 7) is 2.00. The van der Waals surface area contributed by atoms with Crippen molar-refractivity contribution in [2.24, 2.45) is 0 Å². The molecule has 0 bridgehead atoms. The van der Waals surface area contributed by atoms with Gasteiger partial charge in [0.05, 0.1) is 0 Å². The average Bonchev–Trinajstić information content (AvgIpc) is 2.47. The molecule has 0 amide bonds. The standard InChI is InChI=1S/C17H16O2/c1-2-17(14-9-4-3-5-10-14)16(18)12-13-8-6-7-11-15(13)19-17/h3-11H,2,12H2,1H3. The largest absolute Gasteiger partial charge is 0.474 e. The fourth-order valence-electron chi connectivity index (χ4n) is 2.71. The zero-order valence-electron chi connectivity index (χ0n) is 10.9. The Kier molecular flexibility index (Phi) is 2.86. The molecule has 19 heavy (non-hydrogen) atoms.